The smallest absolute Gasteiger partial charge is 0.234 e. The molecule has 1 aromatic heterocycles. The van der Waals surface area contributed by atoms with E-state index in [1.54, 1.807) is 4.68 Å². The first-order valence-electron chi connectivity index (χ1n) is 7.14. The van der Waals surface area contributed by atoms with Crippen molar-refractivity contribution in [2.45, 2.75) is 11.8 Å². The molecule has 0 aliphatic rings. The van der Waals surface area contributed by atoms with Crippen LogP contribution in [0.1, 0.15) is 5.56 Å². The molecule has 3 rings (SSSR count). The number of carbonyl (C=O) groups excluding carboxylic acids is 1. The summed E-state index contributed by atoms with van der Waals surface area (Å²) in [6, 6.07) is 13.4. The van der Waals surface area contributed by atoms with Crippen molar-refractivity contribution in [3.05, 3.63) is 58.8 Å². The highest BCUT2D eigenvalue weighted by atomic mass is 79.9. The average molecular weight is 404 g/mol. The number of nitrogens with zero attached hydrogens (tertiary/aromatic N) is 4. The van der Waals surface area contributed by atoms with Gasteiger partial charge in [0.25, 0.3) is 0 Å². The van der Waals surface area contributed by atoms with Crippen LogP contribution >= 0.6 is 27.7 Å². The number of aromatic nitrogens is 4. The summed E-state index contributed by atoms with van der Waals surface area (Å²) in [7, 11) is 0. The SMILES string of the molecule is Cc1cc(Br)ccc1SCC(=O)Nc1ccc(-n2cnnn2)cc1. The third-order valence-corrected chi connectivity index (χ3v) is 4.93. The number of rotatable bonds is 5. The Morgan fingerprint density at radius 1 is 1.25 bits per heavy atom. The molecule has 2 aromatic carbocycles. The summed E-state index contributed by atoms with van der Waals surface area (Å²) in [6.45, 7) is 2.03. The maximum Gasteiger partial charge on any atom is 0.234 e. The third kappa shape index (κ3) is 4.21. The minimum absolute atomic E-state index is 0.0440. The molecule has 0 aliphatic heterocycles. The summed E-state index contributed by atoms with van der Waals surface area (Å²) in [5, 5.41) is 13.9. The second-order valence-corrected chi connectivity index (χ2v) is 6.98. The largest absolute Gasteiger partial charge is 0.325 e. The topological polar surface area (TPSA) is 72.7 Å². The number of anilines is 1. The number of benzene rings is 2. The quantitative estimate of drug-likeness (QED) is 0.660. The molecule has 0 fully saturated rings. The van der Waals surface area contributed by atoms with Crippen LogP contribution in [0.4, 0.5) is 5.69 Å². The number of hydrogen-bond acceptors (Lipinski definition) is 5. The minimum atomic E-state index is -0.0440. The van der Waals surface area contributed by atoms with E-state index in [1.807, 2.05) is 49.4 Å². The molecule has 0 bridgehead atoms. The monoisotopic (exact) mass is 403 g/mol. The van der Waals surface area contributed by atoms with Gasteiger partial charge in [-0.3, -0.25) is 4.79 Å². The van der Waals surface area contributed by atoms with E-state index >= 15 is 0 Å². The lowest BCUT2D eigenvalue weighted by Crippen LogP contribution is -2.14. The molecule has 24 heavy (non-hydrogen) atoms. The Balaban J connectivity index is 1.56. The minimum Gasteiger partial charge on any atom is -0.325 e. The van der Waals surface area contributed by atoms with Gasteiger partial charge in [0.1, 0.15) is 6.33 Å². The molecule has 1 N–H and O–H groups in total. The predicted octanol–water partition coefficient (Wildman–Crippen LogP) is 3.46. The van der Waals surface area contributed by atoms with Gasteiger partial charge in [-0.2, -0.15) is 0 Å². The first kappa shape index (κ1) is 16.7. The summed E-state index contributed by atoms with van der Waals surface area (Å²) >= 11 is 4.96. The van der Waals surface area contributed by atoms with Crippen molar-refractivity contribution in [1.29, 1.82) is 0 Å². The van der Waals surface area contributed by atoms with Gasteiger partial charge in [-0.05, 0) is 65.4 Å². The second-order valence-electron chi connectivity index (χ2n) is 5.05. The van der Waals surface area contributed by atoms with Crippen LogP contribution in [-0.2, 0) is 4.79 Å². The number of hydrogen-bond donors (Lipinski definition) is 1. The number of halogens is 1. The van der Waals surface area contributed by atoms with Crippen molar-refractivity contribution in [3.8, 4) is 5.69 Å². The fourth-order valence-corrected chi connectivity index (χ4v) is 3.38. The molecule has 0 unspecified atom stereocenters. The zero-order valence-electron chi connectivity index (χ0n) is 12.8. The fourth-order valence-electron chi connectivity index (χ4n) is 2.09. The molecule has 0 radical (unpaired) electrons. The van der Waals surface area contributed by atoms with E-state index in [0.717, 1.165) is 26.3 Å². The summed E-state index contributed by atoms with van der Waals surface area (Å²) in [6.07, 6.45) is 1.52. The molecule has 6 nitrogen and oxygen atoms in total. The Kier molecular flexibility index (Phi) is 5.27. The average Bonchev–Trinajstić information content (AvgIpc) is 3.09. The third-order valence-electron chi connectivity index (χ3n) is 3.26. The van der Waals surface area contributed by atoms with Crippen molar-refractivity contribution in [2.24, 2.45) is 0 Å². The van der Waals surface area contributed by atoms with E-state index in [9.17, 15) is 4.79 Å². The summed E-state index contributed by atoms with van der Waals surface area (Å²) in [5.74, 6) is 0.314. The van der Waals surface area contributed by atoms with Crippen LogP contribution in [0.3, 0.4) is 0 Å². The van der Waals surface area contributed by atoms with Crippen LogP contribution < -0.4 is 5.32 Å². The van der Waals surface area contributed by atoms with Crippen molar-refractivity contribution >= 4 is 39.3 Å². The standard InChI is InChI=1S/C16H14BrN5OS/c1-11-8-12(17)2-7-15(11)24-9-16(23)19-13-3-5-14(6-4-13)22-10-18-20-21-22/h2-8,10H,9H2,1H3,(H,19,23). The van der Waals surface area contributed by atoms with Crippen LogP contribution in [-0.4, -0.2) is 31.9 Å². The Labute approximate surface area is 151 Å². The van der Waals surface area contributed by atoms with E-state index in [4.69, 9.17) is 0 Å². The van der Waals surface area contributed by atoms with Gasteiger partial charge in [0.05, 0.1) is 11.4 Å². The number of thioether (sulfide) groups is 1. The Morgan fingerprint density at radius 3 is 2.71 bits per heavy atom. The molecular weight excluding hydrogens is 390 g/mol. The molecule has 1 amide bonds. The lowest BCUT2D eigenvalue weighted by atomic mass is 10.2. The van der Waals surface area contributed by atoms with Crippen LogP contribution in [0.2, 0.25) is 0 Å². The molecule has 0 aliphatic carbocycles. The summed E-state index contributed by atoms with van der Waals surface area (Å²) in [4.78, 5) is 13.2. The number of aryl methyl sites for hydroxylation is 1. The molecule has 0 saturated carbocycles. The molecule has 0 spiro atoms. The van der Waals surface area contributed by atoms with Gasteiger partial charge < -0.3 is 5.32 Å². The van der Waals surface area contributed by atoms with E-state index < -0.39 is 0 Å². The molecule has 3 aromatic rings. The zero-order chi connectivity index (χ0) is 16.9. The van der Waals surface area contributed by atoms with Gasteiger partial charge in [-0.15, -0.1) is 16.9 Å². The van der Waals surface area contributed by atoms with Gasteiger partial charge in [-0.25, -0.2) is 4.68 Å². The second kappa shape index (κ2) is 7.59. The van der Waals surface area contributed by atoms with Crippen LogP contribution in [0, 0.1) is 6.92 Å². The molecule has 1 heterocycles. The van der Waals surface area contributed by atoms with Crippen molar-refractivity contribution in [3.63, 3.8) is 0 Å². The Bertz CT molecular complexity index is 836. The molecule has 0 saturated heterocycles. The van der Waals surface area contributed by atoms with E-state index in [0.29, 0.717) is 5.75 Å². The van der Waals surface area contributed by atoms with Gasteiger partial charge in [0.2, 0.25) is 5.91 Å². The Hall–Kier alpha value is -2.19. The fraction of sp³-hybridized carbons (Fsp3) is 0.125. The highest BCUT2D eigenvalue weighted by molar-refractivity contribution is 9.10. The van der Waals surface area contributed by atoms with E-state index in [1.165, 1.54) is 18.1 Å². The lowest BCUT2D eigenvalue weighted by molar-refractivity contribution is -0.113. The maximum absolute atomic E-state index is 12.1. The first-order valence-corrected chi connectivity index (χ1v) is 8.92. The number of tetrazole rings is 1. The molecule has 8 heteroatoms. The molecule has 0 atom stereocenters. The summed E-state index contributed by atoms with van der Waals surface area (Å²) < 4.78 is 2.59. The van der Waals surface area contributed by atoms with Crippen molar-refractivity contribution < 1.29 is 4.79 Å². The van der Waals surface area contributed by atoms with Crippen LogP contribution in [0.25, 0.3) is 5.69 Å². The van der Waals surface area contributed by atoms with Crippen molar-refractivity contribution in [1.82, 2.24) is 20.2 Å². The number of carbonyl (C=O) groups is 1. The van der Waals surface area contributed by atoms with Crippen LogP contribution in [0.15, 0.2) is 58.2 Å². The zero-order valence-corrected chi connectivity index (χ0v) is 15.2. The first-order chi connectivity index (χ1) is 11.6. The highest BCUT2D eigenvalue weighted by Crippen LogP contribution is 2.25. The number of amides is 1. The normalized spacial score (nSPS) is 10.6. The van der Waals surface area contributed by atoms with E-state index in [-0.39, 0.29) is 5.91 Å². The highest BCUT2D eigenvalue weighted by Gasteiger charge is 2.06. The summed E-state index contributed by atoms with van der Waals surface area (Å²) in [5.41, 5.74) is 2.72. The number of nitrogens with one attached hydrogen (secondary N) is 1. The van der Waals surface area contributed by atoms with Crippen LogP contribution in [0.5, 0.6) is 0 Å². The van der Waals surface area contributed by atoms with Gasteiger partial charge in [-0.1, -0.05) is 15.9 Å². The van der Waals surface area contributed by atoms with Gasteiger partial charge >= 0.3 is 0 Å². The molecule has 122 valence electrons. The maximum atomic E-state index is 12.1. The lowest BCUT2D eigenvalue weighted by Gasteiger charge is -2.08. The van der Waals surface area contributed by atoms with Gasteiger partial charge in [0.15, 0.2) is 0 Å². The predicted molar refractivity (Wildman–Crippen MR) is 97.4 cm³/mol. The van der Waals surface area contributed by atoms with Crippen molar-refractivity contribution in [2.75, 3.05) is 11.1 Å². The van der Waals surface area contributed by atoms with Gasteiger partial charge in [0, 0.05) is 15.1 Å². The molecular formula is C16H14BrN5OS. The van der Waals surface area contributed by atoms with E-state index in [2.05, 4.69) is 36.8 Å². The Morgan fingerprint density at radius 2 is 2.04 bits per heavy atom.